The molecule has 2 heterocycles. The molecule has 0 bridgehead atoms. The zero-order valence-corrected chi connectivity index (χ0v) is 15.0. The lowest BCUT2D eigenvalue weighted by Crippen LogP contribution is -2.23. The van der Waals surface area contributed by atoms with Crippen molar-refractivity contribution in [1.82, 2.24) is 0 Å². The molecule has 6 heteroatoms. The summed E-state index contributed by atoms with van der Waals surface area (Å²) in [5.41, 5.74) is 2.77. The largest absolute Gasteiger partial charge is 0.451 e. The number of hydrogen-bond donors (Lipinski definition) is 1. The highest BCUT2D eigenvalue weighted by Crippen LogP contribution is 2.29. The van der Waals surface area contributed by atoms with Crippen LogP contribution in [0, 0.1) is 6.92 Å². The summed E-state index contributed by atoms with van der Waals surface area (Å²) >= 11 is 6.03. The van der Waals surface area contributed by atoms with Gasteiger partial charge in [0.25, 0.3) is 5.91 Å². The lowest BCUT2D eigenvalue weighted by atomic mass is 10.1. The number of anilines is 2. The van der Waals surface area contributed by atoms with Crippen molar-refractivity contribution in [2.45, 2.75) is 19.8 Å². The van der Waals surface area contributed by atoms with Crippen LogP contribution in [0.5, 0.6) is 0 Å². The van der Waals surface area contributed by atoms with E-state index in [0.29, 0.717) is 29.3 Å². The number of amides is 2. The van der Waals surface area contributed by atoms with Gasteiger partial charge in [-0.05, 0) is 49.7 Å². The lowest BCUT2D eigenvalue weighted by Gasteiger charge is -2.16. The summed E-state index contributed by atoms with van der Waals surface area (Å²) in [5, 5.41) is 4.26. The van der Waals surface area contributed by atoms with Gasteiger partial charge in [-0.15, -0.1) is 0 Å². The number of nitrogens with one attached hydrogen (secondary N) is 1. The van der Waals surface area contributed by atoms with Crippen molar-refractivity contribution in [1.29, 1.82) is 0 Å². The molecule has 0 atom stereocenters. The first-order chi connectivity index (χ1) is 12.5. The van der Waals surface area contributed by atoms with Gasteiger partial charge in [0.15, 0.2) is 5.76 Å². The van der Waals surface area contributed by atoms with Crippen molar-refractivity contribution in [2.75, 3.05) is 16.8 Å². The smallest absolute Gasteiger partial charge is 0.291 e. The van der Waals surface area contributed by atoms with E-state index in [4.69, 9.17) is 16.0 Å². The maximum Gasteiger partial charge on any atom is 0.291 e. The van der Waals surface area contributed by atoms with Crippen molar-refractivity contribution >= 4 is 45.8 Å². The van der Waals surface area contributed by atoms with E-state index < -0.39 is 0 Å². The number of hydrogen-bond acceptors (Lipinski definition) is 3. The van der Waals surface area contributed by atoms with Crippen LogP contribution >= 0.6 is 11.6 Å². The molecule has 1 aliphatic heterocycles. The topological polar surface area (TPSA) is 62.6 Å². The average molecular weight is 369 g/mol. The molecule has 1 saturated heterocycles. The molecule has 2 aromatic carbocycles. The fourth-order valence-corrected chi connectivity index (χ4v) is 3.44. The first kappa shape index (κ1) is 16.7. The maximum absolute atomic E-state index is 12.7. The van der Waals surface area contributed by atoms with Gasteiger partial charge in [0.05, 0.1) is 0 Å². The molecule has 0 unspecified atom stereocenters. The van der Waals surface area contributed by atoms with Gasteiger partial charge in [-0.2, -0.15) is 0 Å². The number of fused-ring (bicyclic) bond motifs is 1. The minimum Gasteiger partial charge on any atom is -0.451 e. The second-order valence-corrected chi connectivity index (χ2v) is 6.79. The Hall–Kier alpha value is -2.79. The molecule has 1 aromatic heterocycles. The summed E-state index contributed by atoms with van der Waals surface area (Å²) in [7, 11) is 0. The fraction of sp³-hybridized carbons (Fsp3) is 0.200. The first-order valence-electron chi connectivity index (χ1n) is 8.43. The Morgan fingerprint density at radius 3 is 2.85 bits per heavy atom. The molecule has 2 amide bonds. The van der Waals surface area contributed by atoms with Crippen LogP contribution in [-0.4, -0.2) is 18.4 Å². The summed E-state index contributed by atoms with van der Waals surface area (Å²) in [6.45, 7) is 2.54. The van der Waals surface area contributed by atoms with Gasteiger partial charge in [0, 0.05) is 40.3 Å². The summed E-state index contributed by atoms with van der Waals surface area (Å²) < 4.78 is 5.70. The SMILES string of the molecule is Cc1c(C(=O)Nc2cccc(N3CCCC3=O)c2)oc2ccc(Cl)cc12. The minimum absolute atomic E-state index is 0.110. The van der Waals surface area contributed by atoms with Crippen LogP contribution in [0.3, 0.4) is 0 Å². The fourth-order valence-electron chi connectivity index (χ4n) is 3.27. The molecule has 5 nitrogen and oxygen atoms in total. The molecular weight excluding hydrogens is 352 g/mol. The lowest BCUT2D eigenvalue weighted by molar-refractivity contribution is -0.117. The second kappa shape index (κ2) is 6.50. The third-order valence-electron chi connectivity index (χ3n) is 4.59. The Kier molecular flexibility index (Phi) is 4.17. The van der Waals surface area contributed by atoms with Gasteiger partial charge >= 0.3 is 0 Å². The Morgan fingerprint density at radius 1 is 1.23 bits per heavy atom. The second-order valence-electron chi connectivity index (χ2n) is 6.35. The molecule has 3 aromatic rings. The van der Waals surface area contributed by atoms with E-state index in [1.807, 2.05) is 19.1 Å². The Morgan fingerprint density at radius 2 is 2.08 bits per heavy atom. The molecule has 1 fully saturated rings. The summed E-state index contributed by atoms with van der Waals surface area (Å²) in [4.78, 5) is 26.3. The van der Waals surface area contributed by atoms with Gasteiger partial charge in [-0.3, -0.25) is 9.59 Å². The zero-order chi connectivity index (χ0) is 18.3. The van der Waals surface area contributed by atoms with Crippen molar-refractivity contribution in [2.24, 2.45) is 0 Å². The van der Waals surface area contributed by atoms with E-state index in [2.05, 4.69) is 5.32 Å². The van der Waals surface area contributed by atoms with E-state index >= 15 is 0 Å². The van der Waals surface area contributed by atoms with E-state index in [9.17, 15) is 9.59 Å². The van der Waals surface area contributed by atoms with Crippen molar-refractivity contribution < 1.29 is 14.0 Å². The number of aryl methyl sites for hydroxylation is 1. The van der Waals surface area contributed by atoms with Crippen LogP contribution in [0.25, 0.3) is 11.0 Å². The van der Waals surface area contributed by atoms with E-state index in [-0.39, 0.29) is 17.6 Å². The van der Waals surface area contributed by atoms with E-state index in [1.54, 1.807) is 35.2 Å². The quantitative estimate of drug-likeness (QED) is 0.724. The van der Waals surface area contributed by atoms with Crippen LogP contribution in [0.15, 0.2) is 46.9 Å². The molecular formula is C20H17ClN2O3. The van der Waals surface area contributed by atoms with E-state index in [0.717, 1.165) is 23.1 Å². The van der Waals surface area contributed by atoms with Gasteiger partial charge in [-0.1, -0.05) is 17.7 Å². The average Bonchev–Trinajstić information content (AvgIpc) is 3.19. The summed E-state index contributed by atoms with van der Waals surface area (Å²) in [6, 6.07) is 12.5. The molecule has 26 heavy (non-hydrogen) atoms. The van der Waals surface area contributed by atoms with Crippen LogP contribution in [0.4, 0.5) is 11.4 Å². The molecule has 0 saturated carbocycles. The number of nitrogens with zero attached hydrogens (tertiary/aromatic N) is 1. The third-order valence-corrected chi connectivity index (χ3v) is 4.83. The number of furan rings is 1. The Bertz CT molecular complexity index is 1030. The van der Waals surface area contributed by atoms with Crippen LogP contribution in [-0.2, 0) is 4.79 Å². The predicted octanol–water partition coefficient (Wildman–Crippen LogP) is 4.77. The molecule has 0 spiro atoms. The summed E-state index contributed by atoms with van der Waals surface area (Å²) in [6.07, 6.45) is 1.42. The van der Waals surface area contributed by atoms with Crippen LogP contribution < -0.4 is 10.2 Å². The van der Waals surface area contributed by atoms with E-state index in [1.165, 1.54) is 0 Å². The number of carbonyl (C=O) groups excluding carboxylic acids is 2. The van der Waals surface area contributed by atoms with Gasteiger partial charge in [0.2, 0.25) is 5.91 Å². The number of carbonyl (C=O) groups is 2. The van der Waals surface area contributed by atoms with Crippen molar-refractivity contribution in [3.8, 4) is 0 Å². The Labute approximate surface area is 155 Å². The molecule has 1 N–H and O–H groups in total. The van der Waals surface area contributed by atoms with Gasteiger partial charge < -0.3 is 14.6 Å². The molecule has 4 rings (SSSR count). The highest BCUT2D eigenvalue weighted by atomic mass is 35.5. The maximum atomic E-state index is 12.7. The summed E-state index contributed by atoms with van der Waals surface area (Å²) in [5.74, 6) is 0.0307. The number of halogens is 1. The monoisotopic (exact) mass is 368 g/mol. The van der Waals surface area contributed by atoms with Gasteiger partial charge in [-0.25, -0.2) is 0 Å². The molecule has 0 radical (unpaired) electrons. The van der Waals surface area contributed by atoms with Crippen molar-refractivity contribution in [3.05, 3.63) is 58.8 Å². The van der Waals surface area contributed by atoms with Crippen LogP contribution in [0.1, 0.15) is 29.0 Å². The number of benzene rings is 2. The van der Waals surface area contributed by atoms with Gasteiger partial charge in [0.1, 0.15) is 5.58 Å². The molecule has 1 aliphatic rings. The zero-order valence-electron chi connectivity index (χ0n) is 14.2. The normalized spacial score (nSPS) is 14.2. The van der Waals surface area contributed by atoms with Crippen molar-refractivity contribution in [3.63, 3.8) is 0 Å². The standard InChI is InChI=1S/C20H17ClN2O3/c1-12-16-10-13(21)7-8-17(16)26-19(12)20(25)22-14-4-2-5-15(11-14)23-9-3-6-18(23)24/h2,4-5,7-8,10-11H,3,6,9H2,1H3,(H,22,25). The number of rotatable bonds is 3. The van der Waals surface area contributed by atoms with Crippen LogP contribution in [0.2, 0.25) is 5.02 Å². The minimum atomic E-state index is -0.334. The predicted molar refractivity (Wildman–Crippen MR) is 102 cm³/mol. The highest BCUT2D eigenvalue weighted by molar-refractivity contribution is 6.31. The molecule has 132 valence electrons. The molecule has 0 aliphatic carbocycles. The Balaban J connectivity index is 1.61. The highest BCUT2D eigenvalue weighted by Gasteiger charge is 2.22. The third kappa shape index (κ3) is 2.95. The first-order valence-corrected chi connectivity index (χ1v) is 8.81.